The van der Waals surface area contributed by atoms with Gasteiger partial charge in [0.1, 0.15) is 11.8 Å². The highest BCUT2D eigenvalue weighted by atomic mass is 79.9. The summed E-state index contributed by atoms with van der Waals surface area (Å²) in [5.41, 5.74) is 0.795. The van der Waals surface area contributed by atoms with Gasteiger partial charge in [0.15, 0.2) is 0 Å². The number of ether oxygens (including phenoxy) is 1. The molecule has 0 saturated heterocycles. The van der Waals surface area contributed by atoms with Gasteiger partial charge in [0.2, 0.25) is 5.91 Å². The molecular formula is C14H21BrN2O2. The number of carbonyl (C=O) groups is 1. The van der Waals surface area contributed by atoms with Crippen molar-refractivity contribution in [1.82, 2.24) is 5.32 Å². The average Bonchev–Trinajstić information content (AvgIpc) is 2.36. The minimum Gasteiger partial charge on any atom is -0.495 e. The number of rotatable bonds is 6. The first-order chi connectivity index (χ1) is 8.93. The topological polar surface area (TPSA) is 50.4 Å². The summed E-state index contributed by atoms with van der Waals surface area (Å²) in [5.74, 6) is 1.14. The van der Waals surface area contributed by atoms with Crippen molar-refractivity contribution in [2.24, 2.45) is 5.92 Å². The Morgan fingerprint density at radius 1 is 1.37 bits per heavy atom. The number of hydrogen-bond acceptors (Lipinski definition) is 3. The maximum atomic E-state index is 11.9. The molecule has 1 aromatic carbocycles. The van der Waals surface area contributed by atoms with E-state index >= 15 is 0 Å². The Kier molecular flexibility index (Phi) is 6.15. The summed E-state index contributed by atoms with van der Waals surface area (Å²) in [6.07, 6.45) is 0. The number of amides is 1. The van der Waals surface area contributed by atoms with Gasteiger partial charge < -0.3 is 15.4 Å². The van der Waals surface area contributed by atoms with E-state index in [1.54, 1.807) is 7.11 Å². The minimum atomic E-state index is -0.318. The Morgan fingerprint density at radius 2 is 2.05 bits per heavy atom. The molecule has 4 nitrogen and oxygen atoms in total. The van der Waals surface area contributed by atoms with E-state index in [0.29, 0.717) is 18.2 Å². The average molecular weight is 329 g/mol. The Balaban J connectivity index is 2.68. The molecule has 0 bridgehead atoms. The molecule has 1 rings (SSSR count). The van der Waals surface area contributed by atoms with Gasteiger partial charge in [-0.1, -0.05) is 29.8 Å². The third-order valence-corrected chi connectivity index (χ3v) is 3.10. The van der Waals surface area contributed by atoms with Crippen LogP contribution in [0.3, 0.4) is 0 Å². The summed E-state index contributed by atoms with van der Waals surface area (Å²) < 4.78 is 6.20. The fourth-order valence-electron chi connectivity index (χ4n) is 1.55. The van der Waals surface area contributed by atoms with Gasteiger partial charge in [-0.15, -0.1) is 0 Å². The van der Waals surface area contributed by atoms with Gasteiger partial charge in [-0.25, -0.2) is 0 Å². The van der Waals surface area contributed by atoms with Crippen LogP contribution in [0.15, 0.2) is 22.7 Å². The number of nitrogens with one attached hydrogen (secondary N) is 2. The van der Waals surface area contributed by atoms with Gasteiger partial charge >= 0.3 is 0 Å². The first-order valence-electron chi connectivity index (χ1n) is 6.31. The predicted octanol–water partition coefficient (Wildman–Crippen LogP) is 3.03. The van der Waals surface area contributed by atoms with E-state index < -0.39 is 0 Å². The third-order valence-electron chi connectivity index (χ3n) is 2.61. The zero-order chi connectivity index (χ0) is 14.4. The van der Waals surface area contributed by atoms with Crippen LogP contribution in [-0.4, -0.2) is 25.6 Å². The second-order valence-electron chi connectivity index (χ2n) is 4.85. The summed E-state index contributed by atoms with van der Waals surface area (Å²) in [6.45, 7) is 6.64. The fraction of sp³-hybridized carbons (Fsp3) is 0.500. The second kappa shape index (κ2) is 7.38. The maximum Gasteiger partial charge on any atom is 0.242 e. The molecule has 19 heavy (non-hydrogen) atoms. The first kappa shape index (κ1) is 15.8. The van der Waals surface area contributed by atoms with Gasteiger partial charge in [-0.05, 0) is 31.0 Å². The highest BCUT2D eigenvalue weighted by Crippen LogP contribution is 2.28. The lowest BCUT2D eigenvalue weighted by molar-refractivity contribution is -0.121. The van der Waals surface area contributed by atoms with E-state index in [9.17, 15) is 4.79 Å². The molecule has 5 heteroatoms. The molecule has 1 aromatic rings. The van der Waals surface area contributed by atoms with Crippen molar-refractivity contribution < 1.29 is 9.53 Å². The van der Waals surface area contributed by atoms with Crippen molar-refractivity contribution in [3.8, 4) is 5.75 Å². The van der Waals surface area contributed by atoms with E-state index in [2.05, 4.69) is 40.4 Å². The first-order valence-corrected chi connectivity index (χ1v) is 7.11. The Bertz CT molecular complexity index is 435. The molecule has 0 aliphatic heterocycles. The summed E-state index contributed by atoms with van der Waals surface area (Å²) in [4.78, 5) is 11.9. The molecule has 1 unspecified atom stereocenters. The molecule has 2 N–H and O–H groups in total. The molecule has 0 fully saturated rings. The smallest absolute Gasteiger partial charge is 0.242 e. The standard InChI is InChI=1S/C14H21BrN2O2/c1-9(2)8-16-14(18)10(3)17-12-7-11(15)5-6-13(12)19-4/h5-7,9-10,17H,8H2,1-4H3,(H,16,18). The minimum absolute atomic E-state index is 0.0178. The van der Waals surface area contributed by atoms with Crippen molar-refractivity contribution in [3.63, 3.8) is 0 Å². The van der Waals surface area contributed by atoms with Gasteiger partial charge in [0, 0.05) is 11.0 Å². The third kappa shape index (κ3) is 5.11. The van der Waals surface area contributed by atoms with Gasteiger partial charge in [-0.3, -0.25) is 4.79 Å². The lowest BCUT2D eigenvalue weighted by Gasteiger charge is -2.18. The summed E-state index contributed by atoms with van der Waals surface area (Å²) in [7, 11) is 1.61. The van der Waals surface area contributed by atoms with Crippen molar-refractivity contribution in [2.75, 3.05) is 19.0 Å². The molecule has 106 valence electrons. The maximum absolute atomic E-state index is 11.9. The van der Waals surface area contributed by atoms with Gasteiger partial charge in [0.25, 0.3) is 0 Å². The van der Waals surface area contributed by atoms with Crippen molar-refractivity contribution in [1.29, 1.82) is 0 Å². The van der Waals surface area contributed by atoms with E-state index in [0.717, 1.165) is 10.2 Å². The monoisotopic (exact) mass is 328 g/mol. The SMILES string of the molecule is COc1ccc(Br)cc1NC(C)C(=O)NCC(C)C. The summed E-state index contributed by atoms with van der Waals surface area (Å²) >= 11 is 3.41. The quantitative estimate of drug-likeness (QED) is 0.843. The molecule has 0 radical (unpaired) electrons. The fourth-order valence-corrected chi connectivity index (χ4v) is 1.91. The summed E-state index contributed by atoms with van der Waals surface area (Å²) in [5, 5.41) is 6.06. The lowest BCUT2D eigenvalue weighted by atomic mass is 10.2. The molecule has 1 amide bonds. The molecule has 0 aliphatic rings. The number of anilines is 1. The molecule has 1 atom stereocenters. The van der Waals surface area contributed by atoms with E-state index in [1.165, 1.54) is 0 Å². The second-order valence-corrected chi connectivity index (χ2v) is 5.77. The number of benzene rings is 1. The highest BCUT2D eigenvalue weighted by Gasteiger charge is 2.14. The zero-order valence-corrected chi connectivity index (χ0v) is 13.4. The lowest BCUT2D eigenvalue weighted by Crippen LogP contribution is -2.39. The molecule has 0 aromatic heterocycles. The number of carbonyl (C=O) groups excluding carboxylic acids is 1. The van der Waals surface area contributed by atoms with Crippen LogP contribution in [0.5, 0.6) is 5.75 Å². The van der Waals surface area contributed by atoms with Crippen molar-refractivity contribution >= 4 is 27.5 Å². The van der Waals surface area contributed by atoms with Crippen LogP contribution in [0.2, 0.25) is 0 Å². The summed E-state index contributed by atoms with van der Waals surface area (Å²) in [6, 6.07) is 5.32. The largest absolute Gasteiger partial charge is 0.495 e. The van der Waals surface area contributed by atoms with Crippen LogP contribution in [0.4, 0.5) is 5.69 Å². The van der Waals surface area contributed by atoms with E-state index in [1.807, 2.05) is 25.1 Å². The zero-order valence-electron chi connectivity index (χ0n) is 11.8. The van der Waals surface area contributed by atoms with Crippen molar-refractivity contribution in [2.45, 2.75) is 26.8 Å². The number of methoxy groups -OCH3 is 1. The molecule has 0 saturated carbocycles. The van der Waals surface area contributed by atoms with Gasteiger partial charge in [0.05, 0.1) is 12.8 Å². The van der Waals surface area contributed by atoms with Crippen LogP contribution >= 0.6 is 15.9 Å². The molecule has 0 aliphatic carbocycles. The molecular weight excluding hydrogens is 308 g/mol. The van der Waals surface area contributed by atoms with E-state index in [4.69, 9.17) is 4.74 Å². The Labute approximate surface area is 123 Å². The van der Waals surface area contributed by atoms with Crippen LogP contribution in [0.1, 0.15) is 20.8 Å². The molecule has 0 spiro atoms. The van der Waals surface area contributed by atoms with Gasteiger partial charge in [-0.2, -0.15) is 0 Å². The Morgan fingerprint density at radius 3 is 2.63 bits per heavy atom. The normalized spacial score (nSPS) is 12.1. The van der Waals surface area contributed by atoms with Crippen LogP contribution in [0.25, 0.3) is 0 Å². The van der Waals surface area contributed by atoms with Crippen molar-refractivity contribution in [3.05, 3.63) is 22.7 Å². The highest BCUT2D eigenvalue weighted by molar-refractivity contribution is 9.10. The van der Waals surface area contributed by atoms with Crippen LogP contribution in [0, 0.1) is 5.92 Å². The number of halogens is 1. The van der Waals surface area contributed by atoms with Crippen LogP contribution in [-0.2, 0) is 4.79 Å². The van der Waals surface area contributed by atoms with Crippen LogP contribution < -0.4 is 15.4 Å². The molecule has 0 heterocycles. The Hall–Kier alpha value is -1.23. The van der Waals surface area contributed by atoms with E-state index in [-0.39, 0.29) is 11.9 Å². The predicted molar refractivity (Wildman–Crippen MR) is 81.6 cm³/mol. The number of hydrogen-bond donors (Lipinski definition) is 2.